The summed E-state index contributed by atoms with van der Waals surface area (Å²) in [7, 11) is 0. The number of hydrogen-bond donors (Lipinski definition) is 0. The highest BCUT2D eigenvalue weighted by atomic mass is 15.0. The van der Waals surface area contributed by atoms with Crippen molar-refractivity contribution in [2.24, 2.45) is 5.92 Å². The fourth-order valence-corrected chi connectivity index (χ4v) is 1.76. The molecule has 2 heteroatoms. The normalized spacial score (nSPS) is 10.6. The van der Waals surface area contributed by atoms with Crippen LogP contribution in [0, 0.1) is 17.2 Å². The molecule has 0 aliphatic heterocycles. The van der Waals surface area contributed by atoms with Gasteiger partial charge in [0.2, 0.25) is 0 Å². The number of nitrogens with zero attached hydrogens (tertiary/aromatic N) is 2. The highest BCUT2D eigenvalue weighted by Gasteiger charge is 2.08. The zero-order valence-electron chi connectivity index (χ0n) is 9.95. The highest BCUT2D eigenvalue weighted by molar-refractivity contribution is 5.27. The minimum atomic E-state index is 0.588. The van der Waals surface area contributed by atoms with Gasteiger partial charge in [0.25, 0.3) is 0 Å². The Morgan fingerprint density at radius 2 is 2.13 bits per heavy atom. The Labute approximate surface area is 92.5 Å². The molecule has 0 saturated carbocycles. The van der Waals surface area contributed by atoms with Crippen molar-refractivity contribution in [1.29, 1.82) is 5.26 Å². The molecule has 0 bridgehead atoms. The third-order valence-corrected chi connectivity index (χ3v) is 2.52. The van der Waals surface area contributed by atoms with Crippen molar-refractivity contribution in [2.75, 3.05) is 0 Å². The minimum absolute atomic E-state index is 0.588. The van der Waals surface area contributed by atoms with Gasteiger partial charge in [-0.15, -0.1) is 0 Å². The van der Waals surface area contributed by atoms with Gasteiger partial charge in [-0.3, -0.25) is 0 Å². The number of aromatic nitrogens is 1. The molecule has 2 nitrogen and oxygen atoms in total. The molecule has 1 rings (SSSR count). The van der Waals surface area contributed by atoms with Crippen LogP contribution in [0.1, 0.15) is 45.0 Å². The maximum atomic E-state index is 9.00. The standard InChI is InChI=1S/C13H20N2/c1-4-5-6-12-7-8-13(9-14)15(12)10-11(2)3/h7-8,11H,4-6,10H2,1-3H3. The van der Waals surface area contributed by atoms with Crippen molar-refractivity contribution < 1.29 is 0 Å². The molecule has 0 N–H and O–H groups in total. The van der Waals surface area contributed by atoms with E-state index in [0.717, 1.165) is 18.7 Å². The zero-order chi connectivity index (χ0) is 11.3. The molecule has 0 fully saturated rings. The lowest BCUT2D eigenvalue weighted by Crippen LogP contribution is -2.09. The van der Waals surface area contributed by atoms with Crippen LogP contribution in [0.4, 0.5) is 0 Å². The topological polar surface area (TPSA) is 28.7 Å². The second-order valence-corrected chi connectivity index (χ2v) is 4.43. The Balaban J connectivity index is 2.86. The summed E-state index contributed by atoms with van der Waals surface area (Å²) in [6.45, 7) is 7.52. The van der Waals surface area contributed by atoms with Crippen molar-refractivity contribution in [3.05, 3.63) is 23.5 Å². The Hall–Kier alpha value is -1.23. The van der Waals surface area contributed by atoms with Gasteiger partial charge < -0.3 is 4.57 Å². The van der Waals surface area contributed by atoms with Gasteiger partial charge in [-0.05, 0) is 30.9 Å². The predicted molar refractivity (Wildman–Crippen MR) is 62.6 cm³/mol. The number of hydrogen-bond acceptors (Lipinski definition) is 1. The molecule has 0 amide bonds. The van der Waals surface area contributed by atoms with E-state index in [1.165, 1.54) is 18.5 Å². The van der Waals surface area contributed by atoms with Crippen LogP contribution in [-0.2, 0) is 13.0 Å². The Kier molecular flexibility index (Phi) is 4.42. The maximum absolute atomic E-state index is 9.00. The van der Waals surface area contributed by atoms with Crippen molar-refractivity contribution >= 4 is 0 Å². The van der Waals surface area contributed by atoms with Crippen LogP contribution in [0.25, 0.3) is 0 Å². The van der Waals surface area contributed by atoms with Gasteiger partial charge in [-0.1, -0.05) is 27.2 Å². The maximum Gasteiger partial charge on any atom is 0.120 e. The van der Waals surface area contributed by atoms with E-state index in [1.54, 1.807) is 0 Å². The van der Waals surface area contributed by atoms with Gasteiger partial charge in [0.1, 0.15) is 11.8 Å². The molecule has 15 heavy (non-hydrogen) atoms. The fraction of sp³-hybridized carbons (Fsp3) is 0.615. The van der Waals surface area contributed by atoms with Crippen LogP contribution in [-0.4, -0.2) is 4.57 Å². The zero-order valence-corrected chi connectivity index (χ0v) is 9.95. The molecule has 1 aromatic rings. The van der Waals surface area contributed by atoms with Crippen LogP contribution in [0.5, 0.6) is 0 Å². The van der Waals surface area contributed by atoms with Crippen LogP contribution in [0.3, 0.4) is 0 Å². The Morgan fingerprint density at radius 3 is 2.67 bits per heavy atom. The lowest BCUT2D eigenvalue weighted by atomic mass is 10.2. The molecule has 0 aliphatic carbocycles. The van der Waals surface area contributed by atoms with E-state index in [4.69, 9.17) is 5.26 Å². The molecule has 1 aromatic heterocycles. The summed E-state index contributed by atoms with van der Waals surface area (Å²) in [6, 6.07) is 6.29. The molecule has 1 heterocycles. The van der Waals surface area contributed by atoms with Crippen molar-refractivity contribution in [3.8, 4) is 6.07 Å². The highest BCUT2D eigenvalue weighted by Crippen LogP contribution is 2.14. The summed E-state index contributed by atoms with van der Waals surface area (Å²) in [5.41, 5.74) is 2.11. The smallest absolute Gasteiger partial charge is 0.120 e. The largest absolute Gasteiger partial charge is 0.336 e. The monoisotopic (exact) mass is 204 g/mol. The molecule has 0 aliphatic rings. The van der Waals surface area contributed by atoms with Gasteiger partial charge in [-0.25, -0.2) is 0 Å². The van der Waals surface area contributed by atoms with Crippen LogP contribution in [0.2, 0.25) is 0 Å². The molecule has 82 valence electrons. The third-order valence-electron chi connectivity index (χ3n) is 2.52. The summed E-state index contributed by atoms with van der Waals surface area (Å²) < 4.78 is 2.17. The van der Waals surface area contributed by atoms with Gasteiger partial charge in [-0.2, -0.15) is 5.26 Å². The van der Waals surface area contributed by atoms with Gasteiger partial charge in [0, 0.05) is 12.2 Å². The van der Waals surface area contributed by atoms with Gasteiger partial charge in [0.05, 0.1) is 0 Å². The lowest BCUT2D eigenvalue weighted by molar-refractivity contribution is 0.504. The summed E-state index contributed by atoms with van der Waals surface area (Å²) >= 11 is 0. The second kappa shape index (κ2) is 5.60. The fourth-order valence-electron chi connectivity index (χ4n) is 1.76. The summed E-state index contributed by atoms with van der Waals surface area (Å²) in [6.07, 6.45) is 3.49. The molecular weight excluding hydrogens is 184 g/mol. The van der Waals surface area contributed by atoms with Crippen molar-refractivity contribution in [2.45, 2.75) is 46.6 Å². The van der Waals surface area contributed by atoms with Crippen LogP contribution < -0.4 is 0 Å². The average molecular weight is 204 g/mol. The summed E-state index contributed by atoms with van der Waals surface area (Å²) in [5.74, 6) is 0.588. The van der Waals surface area contributed by atoms with Crippen LogP contribution in [0.15, 0.2) is 12.1 Å². The molecule has 0 unspecified atom stereocenters. The van der Waals surface area contributed by atoms with Crippen LogP contribution >= 0.6 is 0 Å². The van der Waals surface area contributed by atoms with Crippen molar-refractivity contribution in [3.63, 3.8) is 0 Å². The number of nitriles is 1. The van der Waals surface area contributed by atoms with Gasteiger partial charge >= 0.3 is 0 Å². The molecular formula is C13H20N2. The molecule has 0 saturated heterocycles. The molecule has 0 spiro atoms. The number of aryl methyl sites for hydroxylation is 1. The van der Waals surface area contributed by atoms with E-state index in [2.05, 4.69) is 37.5 Å². The SMILES string of the molecule is CCCCc1ccc(C#N)n1CC(C)C. The van der Waals surface area contributed by atoms with Gasteiger partial charge in [0.15, 0.2) is 0 Å². The Bertz CT molecular complexity index is 342. The lowest BCUT2D eigenvalue weighted by Gasteiger charge is -2.12. The number of unbranched alkanes of at least 4 members (excludes halogenated alkanes) is 1. The quantitative estimate of drug-likeness (QED) is 0.723. The van der Waals surface area contributed by atoms with E-state index < -0.39 is 0 Å². The first-order chi connectivity index (χ1) is 7.19. The Morgan fingerprint density at radius 1 is 1.40 bits per heavy atom. The third kappa shape index (κ3) is 3.13. The first-order valence-electron chi connectivity index (χ1n) is 5.77. The second-order valence-electron chi connectivity index (χ2n) is 4.43. The number of rotatable bonds is 5. The average Bonchev–Trinajstić information content (AvgIpc) is 2.57. The van der Waals surface area contributed by atoms with E-state index in [0.29, 0.717) is 5.92 Å². The van der Waals surface area contributed by atoms with E-state index in [1.807, 2.05) is 6.07 Å². The molecule has 0 atom stereocenters. The summed E-state index contributed by atoms with van der Waals surface area (Å²) in [4.78, 5) is 0. The molecule has 0 radical (unpaired) electrons. The van der Waals surface area contributed by atoms with Crippen molar-refractivity contribution in [1.82, 2.24) is 4.57 Å². The minimum Gasteiger partial charge on any atom is -0.336 e. The molecule has 0 aromatic carbocycles. The van der Waals surface area contributed by atoms with E-state index >= 15 is 0 Å². The first kappa shape index (κ1) is 11.8. The van der Waals surface area contributed by atoms with E-state index in [9.17, 15) is 0 Å². The summed E-state index contributed by atoms with van der Waals surface area (Å²) in [5, 5.41) is 9.00. The predicted octanol–water partition coefficient (Wildman–Crippen LogP) is 3.36. The first-order valence-corrected chi connectivity index (χ1v) is 5.77. The van der Waals surface area contributed by atoms with E-state index in [-0.39, 0.29) is 0 Å².